The van der Waals surface area contributed by atoms with Gasteiger partial charge in [-0.2, -0.15) is 0 Å². The number of pyridine rings is 1. The molecule has 0 saturated heterocycles. The van der Waals surface area contributed by atoms with Crippen LogP contribution in [0.15, 0.2) is 64.8 Å². The molecular formula is C19H15ClN4O3. The highest BCUT2D eigenvalue weighted by molar-refractivity contribution is 6.30. The first-order valence-electron chi connectivity index (χ1n) is 8.15. The van der Waals surface area contributed by atoms with Gasteiger partial charge in [0.2, 0.25) is 5.43 Å². The lowest BCUT2D eigenvalue weighted by Crippen LogP contribution is -2.24. The number of aromatic hydroxyl groups is 1. The molecule has 0 aliphatic rings. The normalized spacial score (nSPS) is 11.2. The van der Waals surface area contributed by atoms with Gasteiger partial charge in [0.05, 0.1) is 12.1 Å². The smallest absolute Gasteiger partial charge is 0.279 e. The Morgan fingerprint density at radius 3 is 2.70 bits per heavy atom. The highest BCUT2D eigenvalue weighted by atomic mass is 35.5. The molecule has 0 atom stereocenters. The van der Waals surface area contributed by atoms with Crippen LogP contribution in [0.3, 0.4) is 0 Å². The number of nitrogens with zero attached hydrogens (tertiary/aromatic N) is 4. The molecule has 0 amide bonds. The summed E-state index contributed by atoms with van der Waals surface area (Å²) < 4.78 is 4.53. The van der Waals surface area contributed by atoms with Crippen molar-refractivity contribution < 1.29 is 5.11 Å². The van der Waals surface area contributed by atoms with Crippen molar-refractivity contribution in [3.63, 3.8) is 0 Å². The van der Waals surface area contributed by atoms with Crippen molar-refractivity contribution in [2.75, 3.05) is 0 Å². The number of rotatable bonds is 3. The lowest BCUT2D eigenvalue weighted by molar-refractivity contribution is 0.472. The number of aromatic nitrogens is 4. The molecule has 0 radical (unpaired) electrons. The van der Waals surface area contributed by atoms with Crippen molar-refractivity contribution in [3.05, 3.63) is 86.4 Å². The third-order valence-electron chi connectivity index (χ3n) is 4.39. The van der Waals surface area contributed by atoms with Gasteiger partial charge in [-0.3, -0.25) is 9.59 Å². The second-order valence-electron chi connectivity index (χ2n) is 6.20. The molecule has 1 aromatic carbocycles. The van der Waals surface area contributed by atoms with E-state index < -0.39 is 16.7 Å². The Kier molecular flexibility index (Phi) is 4.08. The van der Waals surface area contributed by atoms with E-state index in [0.29, 0.717) is 10.8 Å². The van der Waals surface area contributed by atoms with E-state index in [9.17, 15) is 14.7 Å². The summed E-state index contributed by atoms with van der Waals surface area (Å²) in [4.78, 5) is 29.6. The van der Waals surface area contributed by atoms with Gasteiger partial charge in [-0.05, 0) is 17.7 Å². The van der Waals surface area contributed by atoms with E-state index in [1.54, 1.807) is 54.6 Å². The number of imidazole rings is 1. The lowest BCUT2D eigenvalue weighted by Gasteiger charge is -2.11. The number of benzene rings is 1. The fraction of sp³-hybridized carbons (Fsp3) is 0.105. The van der Waals surface area contributed by atoms with E-state index in [1.165, 1.54) is 15.2 Å². The molecule has 4 aromatic rings. The van der Waals surface area contributed by atoms with Gasteiger partial charge >= 0.3 is 0 Å². The van der Waals surface area contributed by atoms with Gasteiger partial charge in [0.25, 0.3) is 5.56 Å². The van der Waals surface area contributed by atoms with Crippen molar-refractivity contribution >= 4 is 17.1 Å². The SMILES string of the molecule is Cn1ccnc1-c1cn2ccn(Cc3cccc(Cl)c3)c(=O)c2c(O)c1=O. The molecule has 4 rings (SSSR count). The summed E-state index contributed by atoms with van der Waals surface area (Å²) >= 11 is 5.99. The van der Waals surface area contributed by atoms with E-state index in [-0.39, 0.29) is 17.6 Å². The quantitative estimate of drug-likeness (QED) is 0.589. The van der Waals surface area contributed by atoms with Crippen LogP contribution in [-0.4, -0.2) is 23.6 Å². The Morgan fingerprint density at radius 1 is 1.19 bits per heavy atom. The first-order valence-corrected chi connectivity index (χ1v) is 8.53. The Hall–Kier alpha value is -3.32. The molecule has 7 nitrogen and oxygen atoms in total. The summed E-state index contributed by atoms with van der Waals surface area (Å²) in [5, 5.41) is 11.0. The second-order valence-corrected chi connectivity index (χ2v) is 6.64. The van der Waals surface area contributed by atoms with Gasteiger partial charge in [0.1, 0.15) is 5.82 Å². The van der Waals surface area contributed by atoms with Crippen LogP contribution in [0.5, 0.6) is 5.75 Å². The van der Waals surface area contributed by atoms with Crippen LogP contribution in [-0.2, 0) is 13.6 Å². The highest BCUT2D eigenvalue weighted by Gasteiger charge is 2.17. The zero-order valence-corrected chi connectivity index (χ0v) is 15.1. The largest absolute Gasteiger partial charge is 0.503 e. The first-order chi connectivity index (χ1) is 13.0. The van der Waals surface area contributed by atoms with Gasteiger partial charge in [0.15, 0.2) is 11.3 Å². The third kappa shape index (κ3) is 2.92. The maximum absolute atomic E-state index is 12.8. The number of aryl methyl sites for hydroxylation is 1. The van der Waals surface area contributed by atoms with Crippen molar-refractivity contribution in [2.45, 2.75) is 6.54 Å². The maximum Gasteiger partial charge on any atom is 0.279 e. The molecular weight excluding hydrogens is 368 g/mol. The molecule has 3 aromatic heterocycles. The lowest BCUT2D eigenvalue weighted by atomic mass is 10.2. The number of hydrogen-bond donors (Lipinski definition) is 1. The van der Waals surface area contributed by atoms with Gasteiger partial charge in [-0.25, -0.2) is 4.98 Å². The van der Waals surface area contributed by atoms with Crippen molar-refractivity contribution in [2.24, 2.45) is 7.05 Å². The first kappa shape index (κ1) is 17.1. The van der Waals surface area contributed by atoms with Gasteiger partial charge < -0.3 is 18.6 Å². The molecule has 0 bridgehead atoms. The molecule has 3 heterocycles. The van der Waals surface area contributed by atoms with Crippen LogP contribution in [0.25, 0.3) is 16.9 Å². The molecule has 8 heteroatoms. The van der Waals surface area contributed by atoms with Crippen molar-refractivity contribution in [1.82, 2.24) is 18.5 Å². The molecule has 136 valence electrons. The summed E-state index contributed by atoms with van der Waals surface area (Å²) in [5.74, 6) is -0.186. The molecule has 0 fully saturated rings. The van der Waals surface area contributed by atoms with E-state index in [0.717, 1.165) is 5.56 Å². The fourth-order valence-electron chi connectivity index (χ4n) is 3.05. The predicted molar refractivity (Wildman–Crippen MR) is 102 cm³/mol. The summed E-state index contributed by atoms with van der Waals surface area (Å²) in [6.07, 6.45) is 7.98. The Bertz CT molecular complexity index is 1290. The number of hydrogen-bond acceptors (Lipinski definition) is 4. The van der Waals surface area contributed by atoms with E-state index >= 15 is 0 Å². The Morgan fingerprint density at radius 2 is 2.00 bits per heavy atom. The molecule has 0 aliphatic carbocycles. The zero-order chi connectivity index (χ0) is 19.1. The standard InChI is InChI=1S/C19H15ClN4O3/c1-22-6-5-21-18(22)14-11-23-7-8-24(10-12-3-2-4-13(20)9-12)19(27)15(23)17(26)16(14)25/h2-9,11,26H,10H2,1H3. The minimum Gasteiger partial charge on any atom is -0.503 e. The predicted octanol–water partition coefficient (Wildman–Crippen LogP) is 2.27. The number of halogens is 1. The van der Waals surface area contributed by atoms with Crippen LogP contribution in [0, 0.1) is 0 Å². The van der Waals surface area contributed by atoms with Crippen LogP contribution < -0.4 is 11.0 Å². The molecule has 1 N–H and O–H groups in total. The van der Waals surface area contributed by atoms with Crippen molar-refractivity contribution in [3.8, 4) is 17.1 Å². The number of fused-ring (bicyclic) bond motifs is 1. The molecule has 0 spiro atoms. The molecule has 27 heavy (non-hydrogen) atoms. The average molecular weight is 383 g/mol. The minimum absolute atomic E-state index is 0.0810. The van der Waals surface area contributed by atoms with Crippen LogP contribution in [0.1, 0.15) is 5.56 Å². The van der Waals surface area contributed by atoms with Crippen molar-refractivity contribution in [1.29, 1.82) is 0 Å². The van der Waals surface area contributed by atoms with E-state index in [4.69, 9.17) is 11.6 Å². The van der Waals surface area contributed by atoms with Gasteiger partial charge in [-0.15, -0.1) is 0 Å². The molecule has 0 saturated carbocycles. The maximum atomic E-state index is 12.8. The average Bonchev–Trinajstić information content (AvgIpc) is 3.06. The second kappa shape index (κ2) is 6.44. The third-order valence-corrected chi connectivity index (χ3v) is 4.62. The topological polar surface area (TPSA) is 81.5 Å². The zero-order valence-electron chi connectivity index (χ0n) is 14.3. The molecule has 0 aliphatic heterocycles. The highest BCUT2D eigenvalue weighted by Crippen LogP contribution is 2.18. The van der Waals surface area contributed by atoms with Crippen LogP contribution in [0.2, 0.25) is 5.02 Å². The van der Waals surface area contributed by atoms with Crippen LogP contribution in [0.4, 0.5) is 0 Å². The fourth-order valence-corrected chi connectivity index (χ4v) is 3.26. The monoisotopic (exact) mass is 382 g/mol. The minimum atomic E-state index is -0.637. The summed E-state index contributed by atoms with van der Waals surface area (Å²) in [7, 11) is 1.75. The van der Waals surface area contributed by atoms with Gasteiger partial charge in [0, 0.05) is 43.1 Å². The summed E-state index contributed by atoms with van der Waals surface area (Å²) in [5.41, 5.74) is -0.146. The Labute approximate surface area is 158 Å². The van der Waals surface area contributed by atoms with E-state index in [1.807, 2.05) is 6.07 Å². The van der Waals surface area contributed by atoms with Gasteiger partial charge in [-0.1, -0.05) is 23.7 Å². The summed E-state index contributed by atoms with van der Waals surface area (Å²) in [6.45, 7) is 0.268. The Balaban J connectivity index is 1.89. The summed E-state index contributed by atoms with van der Waals surface area (Å²) in [6, 6.07) is 7.15. The van der Waals surface area contributed by atoms with E-state index in [2.05, 4.69) is 4.98 Å². The molecule has 0 unspecified atom stereocenters. The van der Waals surface area contributed by atoms with Crippen LogP contribution >= 0.6 is 11.6 Å².